The number of hydrogen-bond acceptors (Lipinski definition) is 5. The third-order valence-corrected chi connectivity index (χ3v) is 2.67. The second-order valence-corrected chi connectivity index (χ2v) is 4.43. The average molecular weight is 309 g/mol. The van der Waals surface area contributed by atoms with E-state index in [4.69, 9.17) is 5.73 Å². The minimum absolute atomic E-state index is 0.118. The minimum atomic E-state index is -0.511. The molecular formula is C11H9BrN4O2. The van der Waals surface area contributed by atoms with Crippen molar-refractivity contribution >= 4 is 38.7 Å². The Labute approximate surface area is 111 Å². The lowest BCUT2D eigenvalue weighted by atomic mass is 10.2. The Kier molecular flexibility index (Phi) is 3.42. The molecule has 3 N–H and O–H groups in total. The molecule has 0 fully saturated rings. The molecule has 92 valence electrons. The molecule has 18 heavy (non-hydrogen) atoms. The highest BCUT2D eigenvalue weighted by Gasteiger charge is 2.17. The number of benzene rings is 1. The second kappa shape index (κ2) is 5.01. The fourth-order valence-corrected chi connectivity index (χ4v) is 1.87. The summed E-state index contributed by atoms with van der Waals surface area (Å²) in [5, 5.41) is 13.9. The lowest BCUT2D eigenvalue weighted by Crippen LogP contribution is -2.01. The Balaban J connectivity index is 2.40. The molecule has 0 amide bonds. The summed E-state index contributed by atoms with van der Waals surface area (Å²) >= 11 is 3.28. The van der Waals surface area contributed by atoms with Gasteiger partial charge in [0.1, 0.15) is 11.4 Å². The number of pyridine rings is 1. The number of nitrogens with one attached hydrogen (secondary N) is 1. The van der Waals surface area contributed by atoms with Crippen molar-refractivity contribution in [2.75, 3.05) is 11.1 Å². The zero-order valence-corrected chi connectivity index (χ0v) is 10.7. The van der Waals surface area contributed by atoms with Gasteiger partial charge in [0.2, 0.25) is 0 Å². The Morgan fingerprint density at radius 1 is 1.39 bits per heavy atom. The van der Waals surface area contributed by atoms with Crippen LogP contribution in [0.4, 0.5) is 22.7 Å². The number of hydrogen-bond donors (Lipinski definition) is 2. The number of para-hydroxylation sites is 1. The molecule has 0 spiro atoms. The molecule has 0 radical (unpaired) electrons. The summed E-state index contributed by atoms with van der Waals surface area (Å²) in [5.74, 6) is 0. The number of nitrogen functional groups attached to an aromatic ring is 1. The summed E-state index contributed by atoms with van der Waals surface area (Å²) in [6, 6.07) is 6.49. The van der Waals surface area contributed by atoms with Gasteiger partial charge in [0.05, 0.1) is 16.8 Å². The van der Waals surface area contributed by atoms with Gasteiger partial charge in [-0.15, -0.1) is 0 Å². The van der Waals surface area contributed by atoms with Crippen molar-refractivity contribution in [2.45, 2.75) is 0 Å². The predicted molar refractivity (Wildman–Crippen MR) is 72.7 cm³/mol. The number of rotatable bonds is 3. The number of nitrogens with two attached hydrogens (primary N) is 1. The second-order valence-electron chi connectivity index (χ2n) is 3.52. The van der Waals surface area contributed by atoms with E-state index in [1.807, 2.05) is 0 Å². The lowest BCUT2D eigenvalue weighted by Gasteiger charge is -2.08. The van der Waals surface area contributed by atoms with Gasteiger partial charge in [0.25, 0.3) is 0 Å². The summed E-state index contributed by atoms with van der Waals surface area (Å²) in [4.78, 5) is 14.4. The van der Waals surface area contributed by atoms with Crippen LogP contribution in [0.1, 0.15) is 0 Å². The van der Waals surface area contributed by atoms with E-state index in [9.17, 15) is 10.1 Å². The molecule has 2 rings (SSSR count). The van der Waals surface area contributed by atoms with Crippen LogP contribution in [0.25, 0.3) is 0 Å². The summed E-state index contributed by atoms with van der Waals surface area (Å²) < 4.78 is 0.777. The minimum Gasteiger partial charge on any atom is -0.393 e. The van der Waals surface area contributed by atoms with Gasteiger partial charge in [-0.2, -0.15) is 0 Å². The van der Waals surface area contributed by atoms with Gasteiger partial charge in [-0.05, 0) is 34.1 Å². The van der Waals surface area contributed by atoms with E-state index in [-0.39, 0.29) is 11.4 Å². The van der Waals surface area contributed by atoms with Crippen molar-refractivity contribution in [2.24, 2.45) is 0 Å². The smallest absolute Gasteiger partial charge is 0.315 e. The van der Waals surface area contributed by atoms with Gasteiger partial charge in [-0.25, -0.2) is 0 Å². The highest BCUT2D eigenvalue weighted by atomic mass is 79.9. The summed E-state index contributed by atoms with van der Waals surface area (Å²) in [6.07, 6.45) is 3.19. The van der Waals surface area contributed by atoms with Crippen LogP contribution in [-0.2, 0) is 0 Å². The van der Waals surface area contributed by atoms with Gasteiger partial charge in [0.15, 0.2) is 0 Å². The summed E-state index contributed by atoms with van der Waals surface area (Å²) in [5.41, 5.74) is 6.55. The summed E-state index contributed by atoms with van der Waals surface area (Å²) in [7, 11) is 0. The van der Waals surface area contributed by atoms with Crippen molar-refractivity contribution in [1.29, 1.82) is 0 Å². The molecule has 6 nitrogen and oxygen atoms in total. The molecule has 0 atom stereocenters. The van der Waals surface area contributed by atoms with Crippen LogP contribution in [0, 0.1) is 10.1 Å². The van der Waals surface area contributed by atoms with Gasteiger partial charge < -0.3 is 11.1 Å². The summed E-state index contributed by atoms with van der Waals surface area (Å²) in [6.45, 7) is 0. The Morgan fingerprint density at radius 2 is 2.17 bits per heavy atom. The van der Waals surface area contributed by atoms with E-state index in [0.717, 1.165) is 4.47 Å². The number of nitrogens with zero attached hydrogens (tertiary/aromatic N) is 2. The van der Waals surface area contributed by atoms with Gasteiger partial charge in [-0.1, -0.05) is 6.07 Å². The van der Waals surface area contributed by atoms with E-state index < -0.39 is 4.92 Å². The van der Waals surface area contributed by atoms with Crippen molar-refractivity contribution < 1.29 is 4.92 Å². The number of halogens is 1. The molecule has 0 aliphatic heterocycles. The van der Waals surface area contributed by atoms with Crippen LogP contribution in [0.3, 0.4) is 0 Å². The molecule has 0 saturated heterocycles. The number of anilines is 3. The SMILES string of the molecule is Nc1cccc(Nc2cncc(Br)c2)c1[N+](=O)[O-]. The van der Waals surface area contributed by atoms with Crippen LogP contribution in [0.15, 0.2) is 41.1 Å². The predicted octanol–water partition coefficient (Wildman–Crippen LogP) is 3.08. The highest BCUT2D eigenvalue weighted by Crippen LogP contribution is 2.32. The Morgan fingerprint density at radius 3 is 2.83 bits per heavy atom. The first-order valence-corrected chi connectivity index (χ1v) is 5.77. The third kappa shape index (κ3) is 2.57. The highest BCUT2D eigenvalue weighted by molar-refractivity contribution is 9.10. The average Bonchev–Trinajstić information content (AvgIpc) is 2.28. The van der Waals surface area contributed by atoms with Gasteiger partial charge >= 0.3 is 5.69 Å². The topological polar surface area (TPSA) is 94.1 Å². The zero-order valence-electron chi connectivity index (χ0n) is 9.13. The largest absolute Gasteiger partial charge is 0.393 e. The maximum atomic E-state index is 11.0. The first-order chi connectivity index (χ1) is 8.58. The molecule has 0 bridgehead atoms. The van der Waals surface area contributed by atoms with Crippen LogP contribution >= 0.6 is 15.9 Å². The fraction of sp³-hybridized carbons (Fsp3) is 0. The van der Waals surface area contributed by atoms with E-state index in [2.05, 4.69) is 26.2 Å². The molecule has 0 saturated carbocycles. The molecule has 0 aliphatic rings. The molecule has 1 aromatic heterocycles. The molecule has 0 aliphatic carbocycles. The van der Waals surface area contributed by atoms with Crippen molar-refractivity contribution in [3.63, 3.8) is 0 Å². The number of aromatic nitrogens is 1. The zero-order chi connectivity index (χ0) is 13.1. The fourth-order valence-electron chi connectivity index (χ4n) is 1.50. The molecule has 7 heteroatoms. The number of nitro benzene ring substituents is 1. The first-order valence-electron chi connectivity index (χ1n) is 4.98. The van der Waals surface area contributed by atoms with Crippen molar-refractivity contribution in [1.82, 2.24) is 4.98 Å². The molecule has 0 unspecified atom stereocenters. The normalized spacial score (nSPS) is 10.1. The first kappa shape index (κ1) is 12.3. The van der Waals surface area contributed by atoms with Crippen LogP contribution in [-0.4, -0.2) is 9.91 Å². The quantitative estimate of drug-likeness (QED) is 0.516. The number of nitro groups is 1. The molecule has 1 aromatic carbocycles. The lowest BCUT2D eigenvalue weighted by molar-refractivity contribution is -0.383. The maximum Gasteiger partial charge on any atom is 0.315 e. The van der Waals surface area contributed by atoms with Crippen LogP contribution < -0.4 is 11.1 Å². The van der Waals surface area contributed by atoms with E-state index in [1.165, 1.54) is 6.07 Å². The van der Waals surface area contributed by atoms with Gasteiger partial charge in [-0.3, -0.25) is 15.1 Å². The van der Waals surface area contributed by atoms with E-state index in [1.54, 1.807) is 30.6 Å². The molecule has 1 heterocycles. The van der Waals surface area contributed by atoms with Crippen LogP contribution in [0.2, 0.25) is 0 Å². The van der Waals surface area contributed by atoms with Crippen LogP contribution in [0.5, 0.6) is 0 Å². The van der Waals surface area contributed by atoms with E-state index >= 15 is 0 Å². The third-order valence-electron chi connectivity index (χ3n) is 2.23. The standard InChI is InChI=1S/C11H9BrN4O2/c12-7-4-8(6-14-5-7)15-10-3-1-2-9(13)11(10)16(17)18/h1-6,15H,13H2. The van der Waals surface area contributed by atoms with Crippen molar-refractivity contribution in [3.05, 3.63) is 51.2 Å². The Bertz CT molecular complexity index is 603. The monoisotopic (exact) mass is 308 g/mol. The van der Waals surface area contributed by atoms with Gasteiger partial charge in [0, 0.05) is 10.7 Å². The maximum absolute atomic E-state index is 11.0. The Hall–Kier alpha value is -2.15. The van der Waals surface area contributed by atoms with E-state index in [0.29, 0.717) is 11.4 Å². The molecular weight excluding hydrogens is 300 g/mol. The van der Waals surface area contributed by atoms with Crippen molar-refractivity contribution in [3.8, 4) is 0 Å². The molecule has 2 aromatic rings.